The molecular weight excluding hydrogens is 488 g/mol. The molecule has 2 aromatic rings. The Kier molecular flexibility index (Phi) is 5.97. The summed E-state index contributed by atoms with van der Waals surface area (Å²) in [6, 6.07) is 12.6. The molecule has 1 saturated heterocycles. The number of aliphatic hydroxyl groups is 1. The van der Waals surface area contributed by atoms with E-state index in [2.05, 4.69) is 4.90 Å². The molecule has 0 aromatic heterocycles. The van der Waals surface area contributed by atoms with E-state index in [4.69, 9.17) is 24.7 Å². The van der Waals surface area contributed by atoms with Gasteiger partial charge >= 0.3 is 11.9 Å². The number of benzene rings is 2. The standard InChI is InChI=1S/C29H32N2O7/c1-31-15-13-28-23-18-8-9-19(35-2)25(23)38-26(28)20(10-12-29(28,34)21(31)16-18)36-27(33)24(37-22(32)11-14-30)17-6-4-3-5-7-17/h3-10,21,24,26,34H,11-16,30H2,1-2H3/t21-,24-,26+,28+,29-/m0/s1. The molecule has 2 bridgehead atoms. The van der Waals surface area contributed by atoms with Gasteiger partial charge in [0.05, 0.1) is 24.5 Å². The summed E-state index contributed by atoms with van der Waals surface area (Å²) in [4.78, 5) is 28.1. The number of likely N-dealkylation sites (tertiary alicyclic amines) is 1. The monoisotopic (exact) mass is 520 g/mol. The number of carbonyl (C=O) groups excluding carboxylic acids is 2. The van der Waals surface area contributed by atoms with Gasteiger partial charge in [0.1, 0.15) is 5.76 Å². The van der Waals surface area contributed by atoms with E-state index < -0.39 is 35.2 Å². The van der Waals surface area contributed by atoms with Crippen LogP contribution in [-0.4, -0.2) is 66.9 Å². The molecule has 4 aliphatic rings. The highest BCUT2D eigenvalue weighted by Crippen LogP contribution is 2.65. The maximum absolute atomic E-state index is 13.6. The molecule has 9 nitrogen and oxygen atoms in total. The van der Waals surface area contributed by atoms with E-state index in [0.29, 0.717) is 42.1 Å². The zero-order valence-electron chi connectivity index (χ0n) is 21.5. The van der Waals surface area contributed by atoms with Gasteiger partial charge in [-0.15, -0.1) is 0 Å². The van der Waals surface area contributed by atoms with Crippen LogP contribution < -0.4 is 15.2 Å². The van der Waals surface area contributed by atoms with Crippen LogP contribution in [0.3, 0.4) is 0 Å². The van der Waals surface area contributed by atoms with Gasteiger partial charge in [0.15, 0.2) is 17.6 Å². The molecule has 6 rings (SSSR count). The van der Waals surface area contributed by atoms with Crippen LogP contribution in [-0.2, 0) is 30.9 Å². The second-order valence-corrected chi connectivity index (χ2v) is 10.5. The number of esters is 2. The van der Waals surface area contributed by atoms with Crippen molar-refractivity contribution in [2.75, 3.05) is 27.2 Å². The summed E-state index contributed by atoms with van der Waals surface area (Å²) in [6.45, 7) is 0.864. The molecular formula is C29H32N2O7. The van der Waals surface area contributed by atoms with Crippen molar-refractivity contribution in [2.24, 2.45) is 5.73 Å². The number of hydrogen-bond acceptors (Lipinski definition) is 9. The predicted octanol–water partition coefficient (Wildman–Crippen LogP) is 2.15. The van der Waals surface area contributed by atoms with Crippen molar-refractivity contribution >= 4 is 11.9 Å². The van der Waals surface area contributed by atoms with Crippen molar-refractivity contribution in [3.05, 3.63) is 71.0 Å². The van der Waals surface area contributed by atoms with Gasteiger partial charge in [0.2, 0.25) is 6.10 Å². The number of nitrogens with two attached hydrogens (primary N) is 1. The molecule has 0 unspecified atom stereocenters. The molecule has 200 valence electrons. The molecule has 0 amide bonds. The van der Waals surface area contributed by atoms with Gasteiger partial charge in [0, 0.05) is 30.1 Å². The molecule has 38 heavy (non-hydrogen) atoms. The zero-order valence-corrected chi connectivity index (χ0v) is 21.5. The average molecular weight is 521 g/mol. The summed E-state index contributed by atoms with van der Waals surface area (Å²) in [5.74, 6) is 0.157. The van der Waals surface area contributed by atoms with Crippen LogP contribution in [0.4, 0.5) is 0 Å². The maximum atomic E-state index is 13.6. The number of piperidine rings is 1. The third-order valence-electron chi connectivity index (χ3n) is 8.69. The number of hydrogen-bond donors (Lipinski definition) is 2. The molecule has 0 radical (unpaired) electrons. The quantitative estimate of drug-likeness (QED) is 0.529. The summed E-state index contributed by atoms with van der Waals surface area (Å²) in [5.41, 5.74) is 6.14. The smallest absolute Gasteiger partial charge is 0.357 e. The minimum atomic E-state index is -1.26. The number of carbonyl (C=O) groups is 2. The lowest BCUT2D eigenvalue weighted by molar-refractivity contribution is -0.176. The summed E-state index contributed by atoms with van der Waals surface area (Å²) >= 11 is 0. The van der Waals surface area contributed by atoms with E-state index in [1.165, 1.54) is 0 Å². The fourth-order valence-corrected chi connectivity index (χ4v) is 6.95. The molecule has 0 saturated carbocycles. The summed E-state index contributed by atoms with van der Waals surface area (Å²) in [5, 5.41) is 12.3. The Morgan fingerprint density at radius 2 is 2.03 bits per heavy atom. The average Bonchev–Trinajstić information content (AvgIpc) is 3.27. The third-order valence-corrected chi connectivity index (χ3v) is 8.69. The third kappa shape index (κ3) is 3.42. The van der Waals surface area contributed by atoms with Crippen LogP contribution in [0.2, 0.25) is 0 Å². The van der Waals surface area contributed by atoms with Crippen molar-refractivity contribution in [2.45, 2.75) is 54.9 Å². The van der Waals surface area contributed by atoms with Gasteiger partial charge in [-0.2, -0.15) is 0 Å². The zero-order chi connectivity index (χ0) is 26.7. The van der Waals surface area contributed by atoms with Crippen LogP contribution in [0.1, 0.15) is 42.1 Å². The van der Waals surface area contributed by atoms with Crippen molar-refractivity contribution < 1.29 is 33.6 Å². The maximum Gasteiger partial charge on any atom is 0.357 e. The van der Waals surface area contributed by atoms with Crippen LogP contribution >= 0.6 is 0 Å². The summed E-state index contributed by atoms with van der Waals surface area (Å²) < 4.78 is 23.7. The lowest BCUT2D eigenvalue weighted by atomic mass is 9.50. The fourth-order valence-electron chi connectivity index (χ4n) is 6.95. The minimum Gasteiger partial charge on any atom is -0.493 e. The lowest BCUT2D eigenvalue weighted by Gasteiger charge is -2.61. The normalized spacial score (nSPS) is 29.4. The van der Waals surface area contributed by atoms with E-state index in [1.807, 2.05) is 25.2 Å². The van der Waals surface area contributed by atoms with E-state index >= 15 is 0 Å². The topological polar surface area (TPSA) is 121 Å². The Labute approximate surface area is 221 Å². The molecule has 2 aliphatic heterocycles. The Morgan fingerprint density at radius 1 is 1.24 bits per heavy atom. The highest BCUT2D eigenvalue weighted by Gasteiger charge is 2.72. The minimum absolute atomic E-state index is 0.0199. The van der Waals surface area contributed by atoms with Gasteiger partial charge < -0.3 is 34.7 Å². The largest absolute Gasteiger partial charge is 0.493 e. The van der Waals surface area contributed by atoms with Crippen molar-refractivity contribution in [3.8, 4) is 11.5 Å². The Balaban J connectivity index is 1.39. The van der Waals surface area contributed by atoms with E-state index in [9.17, 15) is 14.7 Å². The molecule has 3 N–H and O–H groups in total. The molecule has 2 heterocycles. The number of likely N-dealkylation sites (N-methyl/N-ethyl adjacent to an activating group) is 1. The van der Waals surface area contributed by atoms with Crippen molar-refractivity contribution in [1.82, 2.24) is 4.90 Å². The summed E-state index contributed by atoms with van der Waals surface area (Å²) in [7, 11) is 3.62. The Bertz CT molecular complexity index is 1310. The second kappa shape index (κ2) is 9.11. The molecule has 2 aromatic carbocycles. The van der Waals surface area contributed by atoms with Crippen molar-refractivity contribution in [3.63, 3.8) is 0 Å². The first-order valence-corrected chi connectivity index (χ1v) is 13.0. The second-order valence-electron chi connectivity index (χ2n) is 10.5. The molecule has 1 spiro atoms. The van der Waals surface area contributed by atoms with Gasteiger partial charge in [-0.3, -0.25) is 4.79 Å². The Hall–Kier alpha value is -3.40. The SMILES string of the molecule is COc1ccc2c3c1O[C@@H]1C(OC(=O)[C@@H](OC(=O)CCN)c4ccccc4)=CC[C@]4(O)[C@H](C2)N(C)CC[C@@]314. The van der Waals surface area contributed by atoms with E-state index in [-0.39, 0.29) is 19.0 Å². The Morgan fingerprint density at radius 3 is 2.76 bits per heavy atom. The molecule has 1 fully saturated rings. The van der Waals surface area contributed by atoms with Crippen molar-refractivity contribution in [1.29, 1.82) is 0 Å². The first kappa shape index (κ1) is 24.9. The lowest BCUT2D eigenvalue weighted by Crippen LogP contribution is -2.74. The molecule has 5 atom stereocenters. The van der Waals surface area contributed by atoms with Gasteiger partial charge in [-0.05, 0) is 44.1 Å². The van der Waals surface area contributed by atoms with E-state index in [1.54, 1.807) is 37.5 Å². The highest BCUT2D eigenvalue weighted by atomic mass is 16.6. The molecule has 9 heteroatoms. The first-order valence-electron chi connectivity index (χ1n) is 13.0. The van der Waals surface area contributed by atoms with Gasteiger partial charge in [0.25, 0.3) is 0 Å². The van der Waals surface area contributed by atoms with E-state index in [0.717, 1.165) is 17.7 Å². The fraction of sp³-hybridized carbons (Fsp3) is 0.448. The van der Waals surface area contributed by atoms with Crippen LogP contribution in [0.15, 0.2) is 54.3 Å². The van der Waals surface area contributed by atoms with Crippen LogP contribution in [0.5, 0.6) is 11.5 Å². The van der Waals surface area contributed by atoms with Crippen LogP contribution in [0, 0.1) is 0 Å². The number of rotatable bonds is 7. The summed E-state index contributed by atoms with van der Waals surface area (Å²) in [6.07, 6.45) is 1.34. The number of methoxy groups -OCH3 is 1. The van der Waals surface area contributed by atoms with Gasteiger partial charge in [-0.25, -0.2) is 4.79 Å². The van der Waals surface area contributed by atoms with Crippen LogP contribution in [0.25, 0.3) is 0 Å². The first-order chi connectivity index (χ1) is 18.3. The highest BCUT2D eigenvalue weighted by molar-refractivity contribution is 5.82. The molecule has 2 aliphatic carbocycles. The van der Waals surface area contributed by atoms with Gasteiger partial charge in [-0.1, -0.05) is 36.4 Å². The number of ether oxygens (including phenoxy) is 4. The number of nitrogens with zero attached hydrogens (tertiary/aromatic N) is 1. The predicted molar refractivity (Wildman–Crippen MR) is 137 cm³/mol.